The molecule has 148 valence electrons. The van der Waals surface area contributed by atoms with Crippen molar-refractivity contribution in [2.24, 2.45) is 27.6 Å². The van der Waals surface area contributed by atoms with Crippen molar-refractivity contribution in [1.29, 1.82) is 0 Å². The van der Waals surface area contributed by atoms with E-state index >= 15 is 0 Å². The van der Waals surface area contributed by atoms with E-state index in [1.54, 1.807) is 0 Å². The van der Waals surface area contributed by atoms with Gasteiger partial charge in [-0.3, -0.25) is 0 Å². The molecular formula is C18H39N5O2. The summed E-state index contributed by atoms with van der Waals surface area (Å²) in [5, 5.41) is 6.24. The van der Waals surface area contributed by atoms with Crippen molar-refractivity contribution in [2.75, 3.05) is 0 Å². The van der Waals surface area contributed by atoms with E-state index in [2.05, 4.69) is 10.4 Å². The van der Waals surface area contributed by atoms with Gasteiger partial charge in [-0.2, -0.15) is 9.81 Å². The van der Waals surface area contributed by atoms with Crippen LogP contribution in [-0.4, -0.2) is 30.2 Å². The average Bonchev–Trinajstić information content (AvgIpc) is 2.62. The molecule has 0 amide bonds. The Bertz CT molecular complexity index is 343. The van der Waals surface area contributed by atoms with E-state index in [0.29, 0.717) is 6.42 Å². The maximum Gasteiger partial charge on any atom is 0.107 e. The number of nitrogens with zero attached hydrogens (tertiary/aromatic N) is 2. The normalized spacial score (nSPS) is 17.5. The molecule has 0 aromatic rings. The van der Waals surface area contributed by atoms with E-state index in [4.69, 9.17) is 17.2 Å². The molecule has 7 heteroatoms. The molecule has 0 bridgehead atoms. The van der Waals surface area contributed by atoms with E-state index in [9.17, 15) is 9.81 Å². The molecule has 0 rings (SSSR count). The van der Waals surface area contributed by atoms with Crippen LogP contribution in [0.5, 0.6) is 0 Å². The Morgan fingerprint density at radius 3 is 1.76 bits per heavy atom. The predicted octanol–water partition coefficient (Wildman–Crippen LogP) is 3.57. The lowest BCUT2D eigenvalue weighted by molar-refractivity contribution is 0.420. The van der Waals surface area contributed by atoms with Gasteiger partial charge in [0, 0.05) is 18.1 Å². The van der Waals surface area contributed by atoms with Gasteiger partial charge in [-0.25, -0.2) is 0 Å². The lowest BCUT2D eigenvalue weighted by Gasteiger charge is -2.18. The van der Waals surface area contributed by atoms with Crippen molar-refractivity contribution in [3.63, 3.8) is 0 Å². The monoisotopic (exact) mass is 357 g/mol. The van der Waals surface area contributed by atoms with Crippen LogP contribution in [0, 0.1) is 9.81 Å². The highest BCUT2D eigenvalue weighted by atomic mass is 16.3. The fourth-order valence-electron chi connectivity index (χ4n) is 3.05. The molecule has 0 aliphatic carbocycles. The Hall–Kier alpha value is -0.920. The first-order valence-electron chi connectivity index (χ1n) is 9.90. The largest absolute Gasteiger partial charge is 0.328 e. The lowest BCUT2D eigenvalue weighted by Crippen LogP contribution is -2.34. The first-order valence-corrected chi connectivity index (χ1v) is 9.90. The summed E-state index contributed by atoms with van der Waals surface area (Å²) < 4.78 is 0. The summed E-state index contributed by atoms with van der Waals surface area (Å²) in [6, 6.07) is -0.274. The topological polar surface area (TPSA) is 137 Å². The SMILES string of the molecule is CCC(CCCCC(N)CCCC(N)CCC(N=O)C(N)CC)N=O. The average molecular weight is 358 g/mol. The zero-order valence-corrected chi connectivity index (χ0v) is 16.1. The van der Waals surface area contributed by atoms with Crippen LogP contribution in [0.25, 0.3) is 0 Å². The van der Waals surface area contributed by atoms with Crippen LogP contribution in [0.2, 0.25) is 0 Å². The molecule has 0 aromatic carbocycles. The molecule has 25 heavy (non-hydrogen) atoms. The molecule has 6 N–H and O–H groups in total. The van der Waals surface area contributed by atoms with Gasteiger partial charge in [0.1, 0.15) is 6.04 Å². The Morgan fingerprint density at radius 2 is 1.24 bits per heavy atom. The summed E-state index contributed by atoms with van der Waals surface area (Å²) in [7, 11) is 0. The van der Waals surface area contributed by atoms with Gasteiger partial charge >= 0.3 is 0 Å². The number of nitrogens with two attached hydrogens (primary N) is 3. The van der Waals surface area contributed by atoms with Crippen LogP contribution in [0.1, 0.15) is 84.5 Å². The number of hydrogen-bond donors (Lipinski definition) is 3. The molecule has 0 saturated heterocycles. The summed E-state index contributed by atoms with van der Waals surface area (Å²) >= 11 is 0. The molecule has 0 spiro atoms. The van der Waals surface area contributed by atoms with Gasteiger partial charge < -0.3 is 17.2 Å². The van der Waals surface area contributed by atoms with Crippen LogP contribution in [0.4, 0.5) is 0 Å². The molecule has 0 aliphatic rings. The molecule has 5 atom stereocenters. The second kappa shape index (κ2) is 15.3. The molecule has 0 radical (unpaired) electrons. The Balaban J connectivity index is 3.73. The summed E-state index contributed by atoms with van der Waals surface area (Å²) in [6.45, 7) is 3.95. The van der Waals surface area contributed by atoms with Crippen LogP contribution >= 0.6 is 0 Å². The van der Waals surface area contributed by atoms with Crippen molar-refractivity contribution in [1.82, 2.24) is 0 Å². The van der Waals surface area contributed by atoms with Gasteiger partial charge in [0.2, 0.25) is 0 Å². The van der Waals surface area contributed by atoms with Crippen LogP contribution in [-0.2, 0) is 0 Å². The first kappa shape index (κ1) is 24.1. The van der Waals surface area contributed by atoms with Gasteiger partial charge in [0.15, 0.2) is 0 Å². The second-order valence-electron chi connectivity index (χ2n) is 7.23. The van der Waals surface area contributed by atoms with Crippen molar-refractivity contribution < 1.29 is 0 Å². The molecule has 0 saturated carbocycles. The minimum atomic E-state index is -0.328. The zero-order chi connectivity index (χ0) is 19.1. The standard InChI is InChI=1S/C18H39N5O2/c1-3-16(22-24)11-6-5-8-14(19)9-7-10-15(20)12-13-18(23-25)17(21)4-2/h14-18H,3-13,19-21H2,1-2H3. The van der Waals surface area contributed by atoms with Gasteiger partial charge in [0.25, 0.3) is 0 Å². The molecule has 7 nitrogen and oxygen atoms in total. The molecule has 5 unspecified atom stereocenters. The molecule has 0 heterocycles. The Morgan fingerprint density at radius 1 is 0.680 bits per heavy atom. The maximum atomic E-state index is 10.8. The molecule has 0 aliphatic heterocycles. The molecule has 0 aromatic heterocycles. The fourth-order valence-corrected chi connectivity index (χ4v) is 3.05. The lowest BCUT2D eigenvalue weighted by atomic mass is 9.96. The third-order valence-corrected chi connectivity index (χ3v) is 5.07. The van der Waals surface area contributed by atoms with E-state index in [0.717, 1.165) is 64.2 Å². The van der Waals surface area contributed by atoms with Crippen molar-refractivity contribution in [2.45, 2.75) is 115 Å². The predicted molar refractivity (Wildman–Crippen MR) is 105 cm³/mol. The van der Waals surface area contributed by atoms with E-state index in [1.807, 2.05) is 13.8 Å². The van der Waals surface area contributed by atoms with Crippen molar-refractivity contribution >= 4 is 0 Å². The Kier molecular flexibility index (Phi) is 14.8. The van der Waals surface area contributed by atoms with Crippen molar-refractivity contribution in [3.05, 3.63) is 9.81 Å². The van der Waals surface area contributed by atoms with Crippen LogP contribution < -0.4 is 17.2 Å². The maximum absolute atomic E-state index is 10.8. The van der Waals surface area contributed by atoms with Gasteiger partial charge in [0.05, 0.1) is 6.04 Å². The van der Waals surface area contributed by atoms with Gasteiger partial charge in [-0.05, 0) is 51.4 Å². The fraction of sp³-hybridized carbons (Fsp3) is 1.00. The minimum absolute atomic E-state index is 0.0419. The van der Waals surface area contributed by atoms with Gasteiger partial charge in [-0.1, -0.05) is 43.5 Å². The van der Waals surface area contributed by atoms with Crippen LogP contribution in [0.3, 0.4) is 0 Å². The summed E-state index contributed by atoms with van der Waals surface area (Å²) in [5.74, 6) is 0. The van der Waals surface area contributed by atoms with E-state index in [1.165, 1.54) is 0 Å². The quantitative estimate of drug-likeness (QED) is 0.270. The van der Waals surface area contributed by atoms with E-state index in [-0.39, 0.29) is 30.2 Å². The highest BCUT2D eigenvalue weighted by molar-refractivity contribution is 4.79. The molecule has 0 fully saturated rings. The summed E-state index contributed by atoms with van der Waals surface area (Å²) in [6.07, 6.45) is 9.76. The van der Waals surface area contributed by atoms with Crippen LogP contribution in [0.15, 0.2) is 10.4 Å². The van der Waals surface area contributed by atoms with E-state index < -0.39 is 0 Å². The highest BCUT2D eigenvalue weighted by Crippen LogP contribution is 2.15. The highest BCUT2D eigenvalue weighted by Gasteiger charge is 2.18. The van der Waals surface area contributed by atoms with Gasteiger partial charge in [-0.15, -0.1) is 0 Å². The third-order valence-electron chi connectivity index (χ3n) is 5.07. The third kappa shape index (κ3) is 12.1. The molecular weight excluding hydrogens is 318 g/mol. The number of hydrogen-bond acceptors (Lipinski definition) is 7. The van der Waals surface area contributed by atoms with Crippen molar-refractivity contribution in [3.8, 4) is 0 Å². The first-order chi connectivity index (χ1) is 12.0. The second-order valence-corrected chi connectivity index (χ2v) is 7.23. The smallest absolute Gasteiger partial charge is 0.107 e. The number of nitroso groups, excluding NO2 is 2. The summed E-state index contributed by atoms with van der Waals surface area (Å²) in [4.78, 5) is 21.3. The zero-order valence-electron chi connectivity index (χ0n) is 16.1. The summed E-state index contributed by atoms with van der Waals surface area (Å²) in [5.41, 5.74) is 18.1. The minimum Gasteiger partial charge on any atom is -0.328 e. The Labute approximate surface area is 152 Å². The number of rotatable bonds is 17. The number of unbranched alkanes of at least 4 members (excludes halogenated alkanes) is 1.